The number of nitrogens with one attached hydrogen (secondary N) is 1. The van der Waals surface area contributed by atoms with E-state index in [0.717, 1.165) is 17.8 Å². The summed E-state index contributed by atoms with van der Waals surface area (Å²) in [6, 6.07) is 0. The number of nitrogens with zero attached hydrogens (tertiary/aromatic N) is 2. The van der Waals surface area contributed by atoms with Gasteiger partial charge in [0.1, 0.15) is 0 Å². The molecule has 0 radical (unpaired) electrons. The fourth-order valence-corrected chi connectivity index (χ4v) is 1.36. The molecule has 4 nitrogen and oxygen atoms in total. The van der Waals surface area contributed by atoms with Crippen LogP contribution in [0.15, 0.2) is 0 Å². The number of rotatable bonds is 3. The second kappa shape index (κ2) is 4.09. The van der Waals surface area contributed by atoms with Crippen molar-refractivity contribution in [2.75, 3.05) is 0 Å². The molecule has 1 heterocycles. The quantitative estimate of drug-likeness (QED) is 0.770. The van der Waals surface area contributed by atoms with Gasteiger partial charge < -0.3 is 5.11 Å². The third-order valence-corrected chi connectivity index (χ3v) is 2.23. The molecular weight excluding hydrogens is 178 g/mol. The normalized spacial score (nSPS) is 14.4. The Morgan fingerprint density at radius 2 is 2.00 bits per heavy atom. The molecule has 0 fully saturated rings. The second-order valence-corrected chi connectivity index (χ2v) is 4.64. The van der Waals surface area contributed by atoms with Gasteiger partial charge in [-0.3, -0.25) is 0 Å². The Morgan fingerprint density at radius 3 is 2.50 bits per heavy atom. The topological polar surface area (TPSA) is 61.8 Å². The Labute approximate surface area is 84.7 Å². The minimum absolute atomic E-state index is 0.0181. The number of hydrogen-bond donors (Lipinski definition) is 2. The maximum absolute atomic E-state index is 9.54. The van der Waals surface area contributed by atoms with Crippen molar-refractivity contribution in [3.8, 4) is 0 Å². The molecule has 1 aromatic heterocycles. The minimum Gasteiger partial charge on any atom is -0.393 e. The van der Waals surface area contributed by atoms with Crippen LogP contribution in [0.25, 0.3) is 0 Å². The molecule has 80 valence electrons. The van der Waals surface area contributed by atoms with Gasteiger partial charge in [-0.15, -0.1) is 0 Å². The summed E-state index contributed by atoms with van der Waals surface area (Å²) in [6.45, 7) is 8.23. The molecule has 4 heteroatoms. The zero-order chi connectivity index (χ0) is 10.8. The number of aliphatic hydroxyl groups is 1. The maximum Gasteiger partial charge on any atom is 0.0911 e. The molecule has 0 aliphatic heterocycles. The van der Waals surface area contributed by atoms with E-state index in [-0.39, 0.29) is 11.5 Å². The minimum atomic E-state index is -0.318. The van der Waals surface area contributed by atoms with Crippen LogP contribution in [0.2, 0.25) is 0 Å². The van der Waals surface area contributed by atoms with Crippen molar-refractivity contribution in [2.24, 2.45) is 0 Å². The van der Waals surface area contributed by atoms with Gasteiger partial charge >= 0.3 is 0 Å². The monoisotopic (exact) mass is 197 g/mol. The molecule has 0 bridgehead atoms. The van der Waals surface area contributed by atoms with Crippen molar-refractivity contribution in [1.82, 2.24) is 15.4 Å². The first-order valence-electron chi connectivity index (χ1n) is 5.03. The summed E-state index contributed by atoms with van der Waals surface area (Å²) in [7, 11) is 0. The van der Waals surface area contributed by atoms with E-state index in [1.165, 1.54) is 0 Å². The van der Waals surface area contributed by atoms with E-state index in [1.54, 1.807) is 0 Å². The van der Waals surface area contributed by atoms with Crippen LogP contribution in [-0.4, -0.2) is 26.6 Å². The molecule has 0 aliphatic rings. The third-order valence-electron chi connectivity index (χ3n) is 2.23. The van der Waals surface area contributed by atoms with Crippen molar-refractivity contribution >= 4 is 0 Å². The average Bonchev–Trinajstić information content (AvgIpc) is 2.51. The molecule has 1 unspecified atom stereocenters. The van der Waals surface area contributed by atoms with Crippen molar-refractivity contribution in [3.05, 3.63) is 11.4 Å². The van der Waals surface area contributed by atoms with Crippen molar-refractivity contribution in [1.29, 1.82) is 0 Å². The molecule has 0 aliphatic carbocycles. The predicted octanol–water partition coefficient (Wildman–Crippen LogP) is 1.42. The van der Waals surface area contributed by atoms with Gasteiger partial charge in [0.05, 0.1) is 17.5 Å². The lowest BCUT2D eigenvalue weighted by Crippen LogP contribution is -2.18. The summed E-state index contributed by atoms with van der Waals surface area (Å²) in [4.78, 5) is 0. The summed E-state index contributed by atoms with van der Waals surface area (Å²) in [6.07, 6.45) is 1.01. The average molecular weight is 197 g/mol. The first-order valence-corrected chi connectivity index (χ1v) is 5.03. The predicted molar refractivity (Wildman–Crippen MR) is 55.1 cm³/mol. The van der Waals surface area contributed by atoms with Crippen molar-refractivity contribution in [3.63, 3.8) is 0 Å². The molecule has 0 amide bonds. The highest BCUT2D eigenvalue weighted by Crippen LogP contribution is 2.22. The number of aliphatic hydroxyl groups excluding tert-OH is 1. The van der Waals surface area contributed by atoms with E-state index in [4.69, 9.17) is 0 Å². The summed E-state index contributed by atoms with van der Waals surface area (Å²) >= 11 is 0. The zero-order valence-corrected chi connectivity index (χ0v) is 9.33. The summed E-state index contributed by atoms with van der Waals surface area (Å²) in [5.41, 5.74) is 1.81. The Kier molecular flexibility index (Phi) is 3.26. The van der Waals surface area contributed by atoms with Gasteiger partial charge in [-0.25, -0.2) is 0 Å². The summed E-state index contributed by atoms with van der Waals surface area (Å²) in [5, 5.41) is 20.4. The molecule has 1 atom stereocenters. The van der Waals surface area contributed by atoms with Crippen LogP contribution in [0.4, 0.5) is 0 Å². The number of aromatic nitrogens is 3. The molecule has 0 saturated heterocycles. The van der Waals surface area contributed by atoms with Gasteiger partial charge in [-0.2, -0.15) is 15.4 Å². The Bertz CT molecular complexity index is 288. The molecular formula is C10H19N3O. The van der Waals surface area contributed by atoms with Gasteiger partial charge in [-0.05, 0) is 6.42 Å². The van der Waals surface area contributed by atoms with Gasteiger partial charge in [0.25, 0.3) is 0 Å². The van der Waals surface area contributed by atoms with Gasteiger partial charge in [0.15, 0.2) is 0 Å². The highest BCUT2D eigenvalue weighted by Gasteiger charge is 2.23. The van der Waals surface area contributed by atoms with E-state index >= 15 is 0 Å². The lowest BCUT2D eigenvalue weighted by atomic mass is 9.89. The van der Waals surface area contributed by atoms with Crippen molar-refractivity contribution in [2.45, 2.75) is 52.1 Å². The van der Waals surface area contributed by atoms with Crippen LogP contribution < -0.4 is 0 Å². The van der Waals surface area contributed by atoms with Crippen LogP contribution in [0.1, 0.15) is 45.5 Å². The number of hydrogen-bond acceptors (Lipinski definition) is 3. The largest absolute Gasteiger partial charge is 0.393 e. The maximum atomic E-state index is 9.54. The number of H-pyrrole nitrogens is 1. The van der Waals surface area contributed by atoms with E-state index < -0.39 is 0 Å². The van der Waals surface area contributed by atoms with Gasteiger partial charge in [0, 0.05) is 11.8 Å². The van der Waals surface area contributed by atoms with Gasteiger partial charge in [-0.1, -0.05) is 27.7 Å². The highest BCUT2D eigenvalue weighted by atomic mass is 16.3. The van der Waals surface area contributed by atoms with E-state index in [9.17, 15) is 5.11 Å². The van der Waals surface area contributed by atoms with Crippen LogP contribution in [0.3, 0.4) is 0 Å². The Morgan fingerprint density at radius 1 is 1.36 bits per heavy atom. The fraction of sp³-hybridized carbons (Fsp3) is 0.800. The smallest absolute Gasteiger partial charge is 0.0911 e. The first-order chi connectivity index (χ1) is 6.45. The van der Waals surface area contributed by atoms with Crippen LogP contribution in [0.5, 0.6) is 0 Å². The second-order valence-electron chi connectivity index (χ2n) is 4.64. The standard InChI is InChI=1S/C10H19N3O/c1-5-7(14)6-8-9(10(2,3)4)12-13-11-8/h7,14H,5-6H2,1-4H3,(H,11,12,13). The SMILES string of the molecule is CCC(O)Cc1n[nH]nc1C(C)(C)C. The van der Waals surface area contributed by atoms with Crippen LogP contribution in [-0.2, 0) is 11.8 Å². The van der Waals surface area contributed by atoms with Crippen LogP contribution >= 0.6 is 0 Å². The lowest BCUT2D eigenvalue weighted by Gasteiger charge is -2.17. The van der Waals surface area contributed by atoms with Crippen molar-refractivity contribution < 1.29 is 5.11 Å². The van der Waals surface area contributed by atoms with E-state index in [1.807, 2.05) is 6.92 Å². The molecule has 2 N–H and O–H groups in total. The molecule has 1 aromatic rings. The first kappa shape index (κ1) is 11.2. The summed E-state index contributed by atoms with van der Waals surface area (Å²) < 4.78 is 0. The Hall–Kier alpha value is -0.900. The fourth-order valence-electron chi connectivity index (χ4n) is 1.36. The number of aromatic amines is 1. The zero-order valence-electron chi connectivity index (χ0n) is 9.33. The van der Waals surface area contributed by atoms with E-state index in [2.05, 4.69) is 36.2 Å². The van der Waals surface area contributed by atoms with Crippen LogP contribution in [0, 0.1) is 0 Å². The Balaban J connectivity index is 2.83. The lowest BCUT2D eigenvalue weighted by molar-refractivity contribution is 0.169. The van der Waals surface area contributed by atoms with Gasteiger partial charge in [0.2, 0.25) is 0 Å². The summed E-state index contributed by atoms with van der Waals surface area (Å²) in [5.74, 6) is 0. The molecule has 1 rings (SSSR count). The molecule has 0 saturated carbocycles. The molecule has 0 spiro atoms. The highest BCUT2D eigenvalue weighted by molar-refractivity contribution is 5.18. The van der Waals surface area contributed by atoms with E-state index in [0.29, 0.717) is 6.42 Å². The third kappa shape index (κ3) is 2.54. The molecule has 14 heavy (non-hydrogen) atoms. The molecule has 0 aromatic carbocycles.